The maximum Gasteiger partial charge on any atom is 0.270 e. The van der Waals surface area contributed by atoms with Crippen molar-refractivity contribution in [2.45, 2.75) is 6.54 Å². The highest BCUT2D eigenvalue weighted by molar-refractivity contribution is 5.93. The maximum absolute atomic E-state index is 12.2. The summed E-state index contributed by atoms with van der Waals surface area (Å²) in [6.45, 7) is 0.380. The van der Waals surface area contributed by atoms with E-state index in [0.717, 1.165) is 5.56 Å². The van der Waals surface area contributed by atoms with Gasteiger partial charge in [-0.05, 0) is 29.8 Å². The fourth-order valence-electron chi connectivity index (χ4n) is 2.15. The van der Waals surface area contributed by atoms with Crippen molar-refractivity contribution < 1.29 is 4.79 Å². The average molecular weight is 330 g/mol. The summed E-state index contributed by atoms with van der Waals surface area (Å²) >= 11 is 0. The number of aromatic nitrogens is 3. The molecule has 1 aromatic carbocycles. The second-order valence-electron chi connectivity index (χ2n) is 5.11. The highest BCUT2D eigenvalue weighted by atomic mass is 16.1. The van der Waals surface area contributed by atoms with Gasteiger partial charge < -0.3 is 10.6 Å². The van der Waals surface area contributed by atoms with Crippen LogP contribution in [0.5, 0.6) is 0 Å². The molecule has 0 aliphatic carbocycles. The third-order valence-electron chi connectivity index (χ3n) is 3.41. The monoisotopic (exact) mass is 330 g/mol. The van der Waals surface area contributed by atoms with Gasteiger partial charge in [0.15, 0.2) is 0 Å². The van der Waals surface area contributed by atoms with Crippen molar-refractivity contribution in [3.8, 4) is 6.07 Å². The largest absolute Gasteiger partial charge is 0.347 e. The number of amides is 1. The predicted octanol–water partition coefficient (Wildman–Crippen LogP) is 2.42. The van der Waals surface area contributed by atoms with Gasteiger partial charge in [-0.2, -0.15) is 5.26 Å². The van der Waals surface area contributed by atoms with Gasteiger partial charge in [-0.1, -0.05) is 12.1 Å². The quantitative estimate of drug-likeness (QED) is 0.744. The van der Waals surface area contributed by atoms with Crippen LogP contribution in [0.15, 0.2) is 61.2 Å². The summed E-state index contributed by atoms with van der Waals surface area (Å²) in [4.78, 5) is 24.3. The lowest BCUT2D eigenvalue weighted by Crippen LogP contribution is -2.24. The Labute approximate surface area is 144 Å². The minimum atomic E-state index is -0.309. The molecule has 0 fully saturated rings. The van der Waals surface area contributed by atoms with Crippen molar-refractivity contribution >= 4 is 17.4 Å². The number of carbonyl (C=O) groups is 1. The van der Waals surface area contributed by atoms with Crippen molar-refractivity contribution in [1.29, 1.82) is 5.26 Å². The van der Waals surface area contributed by atoms with Crippen molar-refractivity contribution in [2.75, 3.05) is 5.32 Å². The molecule has 0 aliphatic heterocycles. The number of hydrogen-bond acceptors (Lipinski definition) is 6. The lowest BCUT2D eigenvalue weighted by molar-refractivity contribution is 0.0946. The van der Waals surface area contributed by atoms with E-state index in [1.807, 2.05) is 18.2 Å². The summed E-state index contributed by atoms with van der Waals surface area (Å²) in [6.07, 6.45) is 4.64. The van der Waals surface area contributed by atoms with Crippen molar-refractivity contribution in [3.05, 3.63) is 78.0 Å². The Balaban J connectivity index is 1.71. The fourth-order valence-corrected chi connectivity index (χ4v) is 2.15. The van der Waals surface area contributed by atoms with E-state index < -0.39 is 0 Å². The highest BCUT2D eigenvalue weighted by Crippen LogP contribution is 2.18. The van der Waals surface area contributed by atoms with Crippen LogP contribution in [0.2, 0.25) is 0 Å². The summed E-state index contributed by atoms with van der Waals surface area (Å²) in [7, 11) is 0. The lowest BCUT2D eigenvalue weighted by Gasteiger charge is -2.08. The molecule has 0 saturated heterocycles. The molecule has 0 saturated carbocycles. The lowest BCUT2D eigenvalue weighted by atomic mass is 10.2. The number of nitrogens with zero attached hydrogens (tertiary/aromatic N) is 4. The Morgan fingerprint density at radius 1 is 1.12 bits per heavy atom. The molecule has 0 radical (unpaired) electrons. The molecule has 25 heavy (non-hydrogen) atoms. The molecule has 0 unspecified atom stereocenters. The van der Waals surface area contributed by atoms with Crippen LogP contribution >= 0.6 is 0 Å². The van der Waals surface area contributed by atoms with E-state index >= 15 is 0 Å². The minimum absolute atomic E-state index is 0.237. The molecule has 0 aliphatic rings. The molecule has 2 N–H and O–H groups in total. The summed E-state index contributed by atoms with van der Waals surface area (Å²) < 4.78 is 0. The van der Waals surface area contributed by atoms with Crippen molar-refractivity contribution in [3.63, 3.8) is 0 Å². The van der Waals surface area contributed by atoms with Gasteiger partial charge in [-0.3, -0.25) is 9.78 Å². The van der Waals surface area contributed by atoms with Gasteiger partial charge in [-0.15, -0.1) is 0 Å². The zero-order valence-corrected chi connectivity index (χ0v) is 13.2. The van der Waals surface area contributed by atoms with Gasteiger partial charge in [0.2, 0.25) is 0 Å². The van der Waals surface area contributed by atoms with E-state index in [2.05, 4.69) is 31.7 Å². The first-order chi connectivity index (χ1) is 12.3. The molecule has 0 spiro atoms. The first kappa shape index (κ1) is 16.1. The second kappa shape index (κ2) is 7.66. The molecule has 1 amide bonds. The van der Waals surface area contributed by atoms with E-state index in [0.29, 0.717) is 23.6 Å². The van der Waals surface area contributed by atoms with Crippen LogP contribution in [0, 0.1) is 11.3 Å². The SMILES string of the molecule is N#Cc1ccccc1Nc1cc(C(=O)NCc2ccncc2)ncn1. The number of nitriles is 1. The van der Waals surface area contributed by atoms with E-state index in [1.54, 1.807) is 30.6 Å². The van der Waals surface area contributed by atoms with Gasteiger partial charge in [0.05, 0.1) is 11.3 Å². The number of pyridine rings is 1. The van der Waals surface area contributed by atoms with E-state index in [-0.39, 0.29) is 11.6 Å². The Hall–Kier alpha value is -3.79. The van der Waals surface area contributed by atoms with Crippen LogP contribution in [-0.2, 0) is 6.54 Å². The number of benzene rings is 1. The van der Waals surface area contributed by atoms with E-state index in [9.17, 15) is 4.79 Å². The Bertz CT molecular complexity index is 920. The normalized spacial score (nSPS) is 9.88. The summed E-state index contributed by atoms with van der Waals surface area (Å²) in [6, 6.07) is 14.3. The van der Waals surface area contributed by atoms with Crippen molar-refractivity contribution in [1.82, 2.24) is 20.3 Å². The zero-order chi connectivity index (χ0) is 17.5. The molecule has 2 heterocycles. The summed E-state index contributed by atoms with van der Waals surface area (Å²) in [5.74, 6) is 0.127. The number of carbonyl (C=O) groups excluding carboxylic acids is 1. The summed E-state index contributed by atoms with van der Waals surface area (Å²) in [5, 5.41) is 14.9. The molecule has 3 rings (SSSR count). The van der Waals surface area contributed by atoms with Gasteiger partial charge in [0.1, 0.15) is 23.9 Å². The molecule has 0 atom stereocenters. The average Bonchev–Trinajstić information content (AvgIpc) is 2.67. The molecule has 7 heteroatoms. The third-order valence-corrected chi connectivity index (χ3v) is 3.41. The molecular formula is C18H14N6O. The third kappa shape index (κ3) is 4.14. The smallest absolute Gasteiger partial charge is 0.270 e. The van der Waals surface area contributed by atoms with Gasteiger partial charge in [-0.25, -0.2) is 9.97 Å². The highest BCUT2D eigenvalue weighted by Gasteiger charge is 2.09. The summed E-state index contributed by atoms with van der Waals surface area (Å²) in [5.41, 5.74) is 2.29. The molecule has 3 aromatic rings. The van der Waals surface area contributed by atoms with Crippen LogP contribution < -0.4 is 10.6 Å². The Morgan fingerprint density at radius 3 is 2.72 bits per heavy atom. The topological polar surface area (TPSA) is 104 Å². The standard InChI is InChI=1S/C18H14N6O/c19-10-14-3-1-2-4-15(14)24-17-9-16(22-12-23-17)18(25)21-11-13-5-7-20-8-6-13/h1-9,12H,11H2,(H,21,25)(H,22,23,24). The van der Waals surface area contributed by atoms with Crippen LogP contribution in [0.1, 0.15) is 21.6 Å². The van der Waals surface area contributed by atoms with Gasteiger partial charge in [0, 0.05) is 25.0 Å². The fraction of sp³-hybridized carbons (Fsp3) is 0.0556. The Kier molecular flexibility index (Phi) is 4.93. The first-order valence-electron chi connectivity index (χ1n) is 7.51. The number of anilines is 2. The molecule has 0 bridgehead atoms. The first-order valence-corrected chi connectivity index (χ1v) is 7.51. The number of hydrogen-bond donors (Lipinski definition) is 2. The Morgan fingerprint density at radius 2 is 1.92 bits per heavy atom. The number of para-hydroxylation sites is 1. The second-order valence-corrected chi connectivity index (χ2v) is 5.11. The van der Waals surface area contributed by atoms with Gasteiger partial charge in [0.25, 0.3) is 5.91 Å². The minimum Gasteiger partial charge on any atom is -0.347 e. The molecular weight excluding hydrogens is 316 g/mol. The van der Waals surface area contributed by atoms with Crippen LogP contribution in [0.25, 0.3) is 0 Å². The molecule has 122 valence electrons. The number of nitrogens with one attached hydrogen (secondary N) is 2. The molecule has 2 aromatic heterocycles. The maximum atomic E-state index is 12.2. The van der Waals surface area contributed by atoms with Crippen molar-refractivity contribution in [2.24, 2.45) is 0 Å². The molecule has 7 nitrogen and oxygen atoms in total. The number of rotatable bonds is 5. The van der Waals surface area contributed by atoms with Crippen LogP contribution in [-0.4, -0.2) is 20.9 Å². The van der Waals surface area contributed by atoms with E-state index in [4.69, 9.17) is 5.26 Å². The van der Waals surface area contributed by atoms with E-state index in [1.165, 1.54) is 12.4 Å². The van der Waals surface area contributed by atoms with Gasteiger partial charge >= 0.3 is 0 Å². The predicted molar refractivity (Wildman–Crippen MR) is 91.9 cm³/mol. The van der Waals surface area contributed by atoms with Crippen LogP contribution in [0.3, 0.4) is 0 Å². The zero-order valence-electron chi connectivity index (χ0n) is 13.2. The van der Waals surface area contributed by atoms with Crippen LogP contribution in [0.4, 0.5) is 11.5 Å².